The third-order valence-electron chi connectivity index (χ3n) is 2.12. The summed E-state index contributed by atoms with van der Waals surface area (Å²) in [5.74, 6) is 0.463. The number of nitrogens with zero attached hydrogens (tertiary/aromatic N) is 3. The average molecular weight is 304 g/mol. The van der Waals surface area contributed by atoms with E-state index in [1.54, 1.807) is 6.07 Å². The molecule has 0 saturated carbocycles. The highest BCUT2D eigenvalue weighted by Crippen LogP contribution is 2.30. The maximum absolute atomic E-state index is 10.7. The van der Waals surface area contributed by atoms with Crippen molar-refractivity contribution < 1.29 is 4.92 Å². The lowest BCUT2D eigenvalue weighted by molar-refractivity contribution is -0.384. The van der Waals surface area contributed by atoms with Crippen LogP contribution in [0.4, 0.5) is 5.69 Å². The zero-order valence-electron chi connectivity index (χ0n) is 8.97. The first-order chi connectivity index (χ1) is 8.60. The Morgan fingerprint density at radius 2 is 2.11 bits per heavy atom. The number of rotatable bonds is 4. The normalized spacial score (nSPS) is 10.6. The van der Waals surface area contributed by atoms with Crippen LogP contribution < -0.4 is 0 Å². The quantitative estimate of drug-likeness (QED) is 0.492. The molecule has 18 heavy (non-hydrogen) atoms. The van der Waals surface area contributed by atoms with Gasteiger partial charge in [-0.3, -0.25) is 10.1 Å². The van der Waals surface area contributed by atoms with Crippen LogP contribution in [0.3, 0.4) is 0 Å². The Kier molecular flexibility index (Phi) is 4.11. The number of halogens is 2. The van der Waals surface area contributed by atoms with Crippen molar-refractivity contribution in [3.05, 3.63) is 38.3 Å². The molecule has 2 aromatic rings. The van der Waals surface area contributed by atoms with Crippen molar-refractivity contribution in [1.82, 2.24) is 10.2 Å². The van der Waals surface area contributed by atoms with Crippen LogP contribution in [0.5, 0.6) is 0 Å². The minimum Gasteiger partial charge on any atom is -0.258 e. The number of benzene rings is 1. The van der Waals surface area contributed by atoms with Crippen LogP contribution in [0.2, 0.25) is 5.02 Å². The number of nitro groups is 1. The molecule has 1 heterocycles. The SMILES string of the molecule is O=[N+]([O-])c1cc(Cl)cc(-c2nnc(CCCl)s2)c1. The van der Waals surface area contributed by atoms with Crippen molar-refractivity contribution in [2.45, 2.75) is 6.42 Å². The Labute approximate surface area is 117 Å². The van der Waals surface area contributed by atoms with Gasteiger partial charge in [0.1, 0.15) is 10.0 Å². The highest BCUT2D eigenvalue weighted by molar-refractivity contribution is 7.14. The van der Waals surface area contributed by atoms with E-state index in [-0.39, 0.29) is 5.69 Å². The fourth-order valence-electron chi connectivity index (χ4n) is 1.36. The van der Waals surface area contributed by atoms with Crippen LogP contribution >= 0.6 is 34.5 Å². The summed E-state index contributed by atoms with van der Waals surface area (Å²) in [6.07, 6.45) is 0.627. The maximum atomic E-state index is 10.7. The third kappa shape index (κ3) is 2.95. The largest absolute Gasteiger partial charge is 0.271 e. The van der Waals surface area contributed by atoms with Crippen molar-refractivity contribution in [1.29, 1.82) is 0 Å². The summed E-state index contributed by atoms with van der Waals surface area (Å²) in [7, 11) is 0. The van der Waals surface area contributed by atoms with Crippen molar-refractivity contribution in [3.63, 3.8) is 0 Å². The van der Waals surface area contributed by atoms with Gasteiger partial charge in [-0.15, -0.1) is 21.8 Å². The molecule has 0 atom stereocenters. The van der Waals surface area contributed by atoms with Gasteiger partial charge >= 0.3 is 0 Å². The van der Waals surface area contributed by atoms with Gasteiger partial charge in [0.05, 0.1) is 4.92 Å². The van der Waals surface area contributed by atoms with Crippen LogP contribution in [0, 0.1) is 10.1 Å². The molecule has 8 heteroatoms. The zero-order chi connectivity index (χ0) is 13.1. The second-order valence-electron chi connectivity index (χ2n) is 3.40. The van der Waals surface area contributed by atoms with Crippen LogP contribution in [0.1, 0.15) is 5.01 Å². The van der Waals surface area contributed by atoms with Gasteiger partial charge in [-0.1, -0.05) is 22.9 Å². The summed E-state index contributed by atoms with van der Waals surface area (Å²) in [5.41, 5.74) is 0.527. The van der Waals surface area contributed by atoms with Crippen molar-refractivity contribution >= 4 is 40.2 Å². The fourth-order valence-corrected chi connectivity index (χ4v) is 2.70. The number of hydrogen-bond acceptors (Lipinski definition) is 5. The summed E-state index contributed by atoms with van der Waals surface area (Å²) in [5, 5.41) is 20.4. The molecule has 0 saturated heterocycles. The lowest BCUT2D eigenvalue weighted by Crippen LogP contribution is -1.88. The number of hydrogen-bond donors (Lipinski definition) is 0. The summed E-state index contributed by atoms with van der Waals surface area (Å²) in [6.45, 7) is 0. The molecule has 0 unspecified atom stereocenters. The molecule has 94 valence electrons. The first kappa shape index (κ1) is 13.2. The van der Waals surface area contributed by atoms with Crippen LogP contribution in [0.25, 0.3) is 10.6 Å². The number of alkyl halides is 1. The predicted octanol–water partition coefficient (Wildman–Crippen LogP) is 3.55. The summed E-state index contributed by atoms with van der Waals surface area (Å²) < 4.78 is 0. The van der Waals surface area contributed by atoms with Gasteiger partial charge in [0.25, 0.3) is 5.69 Å². The lowest BCUT2D eigenvalue weighted by atomic mass is 10.2. The Hall–Kier alpha value is -1.24. The minimum absolute atomic E-state index is 0.0633. The molecule has 0 aliphatic carbocycles. The number of nitro benzene ring substituents is 1. The second-order valence-corrected chi connectivity index (χ2v) is 5.27. The molecule has 0 spiro atoms. The average Bonchev–Trinajstić information content (AvgIpc) is 2.77. The van der Waals surface area contributed by atoms with Gasteiger partial charge in [0.15, 0.2) is 0 Å². The highest BCUT2D eigenvalue weighted by atomic mass is 35.5. The zero-order valence-corrected chi connectivity index (χ0v) is 11.3. The second kappa shape index (κ2) is 5.60. The maximum Gasteiger partial charge on any atom is 0.271 e. The Morgan fingerprint density at radius 3 is 2.78 bits per heavy atom. The molecule has 0 bridgehead atoms. The Morgan fingerprint density at radius 1 is 1.33 bits per heavy atom. The van der Waals surface area contributed by atoms with Gasteiger partial charge in [-0.05, 0) is 6.07 Å². The monoisotopic (exact) mass is 303 g/mol. The minimum atomic E-state index is -0.490. The molecular weight excluding hydrogens is 297 g/mol. The van der Waals surface area contributed by atoms with E-state index in [1.165, 1.54) is 23.5 Å². The summed E-state index contributed by atoms with van der Waals surface area (Å²) in [6, 6.07) is 4.35. The van der Waals surface area contributed by atoms with Gasteiger partial charge in [-0.25, -0.2) is 0 Å². The van der Waals surface area contributed by atoms with E-state index < -0.39 is 4.92 Å². The topological polar surface area (TPSA) is 68.9 Å². The molecule has 2 rings (SSSR count). The van der Waals surface area contributed by atoms with E-state index >= 15 is 0 Å². The van der Waals surface area contributed by atoms with E-state index in [4.69, 9.17) is 23.2 Å². The summed E-state index contributed by atoms with van der Waals surface area (Å²) >= 11 is 12.8. The number of aromatic nitrogens is 2. The molecule has 1 aromatic carbocycles. The van der Waals surface area contributed by atoms with Crippen LogP contribution in [-0.2, 0) is 6.42 Å². The van der Waals surface area contributed by atoms with Crippen LogP contribution in [0.15, 0.2) is 18.2 Å². The molecule has 0 amide bonds. The highest BCUT2D eigenvalue weighted by Gasteiger charge is 2.13. The molecule has 0 fully saturated rings. The van der Waals surface area contributed by atoms with E-state index in [1.807, 2.05) is 0 Å². The van der Waals surface area contributed by atoms with Gasteiger partial charge < -0.3 is 0 Å². The van der Waals surface area contributed by atoms with E-state index in [0.717, 1.165) is 5.01 Å². The van der Waals surface area contributed by atoms with Gasteiger partial charge in [-0.2, -0.15) is 0 Å². The van der Waals surface area contributed by atoms with E-state index in [0.29, 0.717) is 27.9 Å². The Balaban J connectivity index is 2.39. The molecular formula is C10H7Cl2N3O2S. The first-order valence-electron chi connectivity index (χ1n) is 4.94. The van der Waals surface area contributed by atoms with Crippen molar-refractivity contribution in [2.24, 2.45) is 0 Å². The van der Waals surface area contributed by atoms with Crippen molar-refractivity contribution in [2.75, 3.05) is 5.88 Å². The molecule has 0 radical (unpaired) electrons. The number of non-ortho nitro benzene ring substituents is 1. The first-order valence-corrected chi connectivity index (χ1v) is 6.67. The standard InChI is InChI=1S/C10H7Cl2N3O2S/c11-2-1-9-13-14-10(18-9)6-3-7(12)5-8(4-6)15(16)17/h3-5H,1-2H2. The van der Waals surface area contributed by atoms with Crippen molar-refractivity contribution in [3.8, 4) is 10.6 Å². The predicted molar refractivity (Wildman–Crippen MR) is 71.4 cm³/mol. The fraction of sp³-hybridized carbons (Fsp3) is 0.200. The van der Waals surface area contributed by atoms with Gasteiger partial charge in [0, 0.05) is 35.0 Å². The molecule has 5 nitrogen and oxygen atoms in total. The molecule has 0 aliphatic rings. The Bertz CT molecular complexity index is 588. The number of aryl methyl sites for hydroxylation is 1. The van der Waals surface area contributed by atoms with Gasteiger partial charge in [0.2, 0.25) is 0 Å². The van der Waals surface area contributed by atoms with Crippen LogP contribution in [-0.4, -0.2) is 21.0 Å². The molecule has 0 N–H and O–H groups in total. The summed E-state index contributed by atoms with van der Waals surface area (Å²) in [4.78, 5) is 10.3. The van der Waals surface area contributed by atoms with E-state index in [9.17, 15) is 10.1 Å². The molecule has 0 aliphatic heterocycles. The molecule has 1 aromatic heterocycles. The smallest absolute Gasteiger partial charge is 0.258 e. The third-order valence-corrected chi connectivity index (χ3v) is 3.55. The van der Waals surface area contributed by atoms with E-state index in [2.05, 4.69) is 10.2 Å². The lowest BCUT2D eigenvalue weighted by Gasteiger charge is -1.97.